The third-order valence-electron chi connectivity index (χ3n) is 12.7. The van der Waals surface area contributed by atoms with Crippen molar-refractivity contribution >= 4 is 23.3 Å². The largest absolute Gasteiger partial charge is 0.456 e. The fraction of sp³-hybridized carbons (Fsp3) is 0.472. The van der Waals surface area contributed by atoms with Gasteiger partial charge in [0.2, 0.25) is 0 Å². The lowest BCUT2D eigenvalue weighted by Gasteiger charge is -2.47. The van der Waals surface area contributed by atoms with Crippen molar-refractivity contribution in [3.63, 3.8) is 0 Å². The van der Waals surface area contributed by atoms with Crippen molar-refractivity contribution in [3.8, 4) is 0 Å². The summed E-state index contributed by atoms with van der Waals surface area (Å²) >= 11 is 0. The van der Waals surface area contributed by atoms with Crippen LogP contribution in [0.15, 0.2) is 109 Å². The minimum atomic E-state index is -1.16. The molecular formula is C53H68O8. The lowest BCUT2D eigenvalue weighted by molar-refractivity contribution is -0.168. The normalized spacial score (nSPS) is 13.4. The molecule has 0 amide bonds. The molecule has 0 saturated carbocycles. The molecule has 0 aliphatic carbocycles. The van der Waals surface area contributed by atoms with Crippen LogP contribution >= 0.6 is 0 Å². The van der Waals surface area contributed by atoms with Crippen LogP contribution in [0.4, 0.5) is 0 Å². The van der Waals surface area contributed by atoms with Gasteiger partial charge in [0.05, 0.1) is 29.5 Å². The molecule has 4 aromatic rings. The number of esters is 1. The van der Waals surface area contributed by atoms with Crippen molar-refractivity contribution in [3.05, 3.63) is 143 Å². The highest BCUT2D eigenvalue weighted by atomic mass is 16.6. The highest BCUT2D eigenvalue weighted by Gasteiger charge is 2.44. The summed E-state index contributed by atoms with van der Waals surface area (Å²) in [5, 5.41) is 0. The number of rotatable bonds is 22. The molecule has 1 unspecified atom stereocenters. The van der Waals surface area contributed by atoms with Gasteiger partial charge in [0.25, 0.3) is 0 Å². The maximum atomic E-state index is 13.9. The van der Waals surface area contributed by atoms with E-state index in [0.717, 1.165) is 0 Å². The van der Waals surface area contributed by atoms with E-state index in [-0.39, 0.29) is 39.8 Å². The van der Waals surface area contributed by atoms with Gasteiger partial charge in [0.15, 0.2) is 17.3 Å². The first-order valence-corrected chi connectivity index (χ1v) is 21.4. The molecule has 4 aromatic carbocycles. The Morgan fingerprint density at radius 2 is 0.918 bits per heavy atom. The van der Waals surface area contributed by atoms with Crippen LogP contribution in [-0.2, 0) is 18.9 Å². The number of benzene rings is 4. The first kappa shape index (κ1) is 48.9. The van der Waals surface area contributed by atoms with Gasteiger partial charge in [-0.05, 0) is 92.1 Å². The first-order chi connectivity index (χ1) is 28.3. The van der Waals surface area contributed by atoms with Crippen LogP contribution in [0.25, 0.3) is 0 Å². The van der Waals surface area contributed by atoms with E-state index in [2.05, 4.69) is 62.3 Å². The van der Waals surface area contributed by atoms with E-state index in [1.54, 1.807) is 98.8 Å². The Bertz CT molecular complexity index is 2130. The zero-order valence-electron chi connectivity index (χ0n) is 38.8. The summed E-state index contributed by atoms with van der Waals surface area (Å²) in [5.41, 5.74) is -1.52. The molecule has 0 bridgehead atoms. The van der Waals surface area contributed by atoms with E-state index in [4.69, 9.17) is 18.9 Å². The molecule has 0 N–H and O–H groups in total. The molecular weight excluding hydrogens is 765 g/mol. The fourth-order valence-corrected chi connectivity index (χ4v) is 7.25. The molecule has 4 rings (SSSR count). The molecule has 1 atom stereocenters. The highest BCUT2D eigenvalue weighted by Crippen LogP contribution is 2.43. The number of hydrogen-bond donors (Lipinski definition) is 0. The Hall–Kier alpha value is -4.76. The van der Waals surface area contributed by atoms with Crippen LogP contribution in [0.2, 0.25) is 0 Å². The van der Waals surface area contributed by atoms with Gasteiger partial charge in [0.1, 0.15) is 11.2 Å². The van der Waals surface area contributed by atoms with Crippen molar-refractivity contribution in [1.82, 2.24) is 0 Å². The molecule has 0 spiro atoms. The van der Waals surface area contributed by atoms with Crippen molar-refractivity contribution in [2.75, 3.05) is 13.2 Å². The number of Topliss-reactive ketones (excluding diaryl/α,β-unsaturated/α-hetero) is 1. The molecule has 0 saturated heterocycles. The SMILES string of the molecule is CC(CC(C)(C)C(C)(C)OCCC(C)(C)OC(=O)c1ccccc1C(=O)c1ccccc1)OC(C)(C)C(C)(C)CCOC(C)(C)C(=O)c1ccccc1C(=O)c1ccccc1. The second kappa shape index (κ2) is 19.5. The molecule has 0 heterocycles. The van der Waals surface area contributed by atoms with E-state index in [1.807, 2.05) is 38.1 Å². The summed E-state index contributed by atoms with van der Waals surface area (Å²) in [6.45, 7) is 27.0. The number of ether oxygens (including phenoxy) is 4. The zero-order chi connectivity index (χ0) is 45.4. The Morgan fingerprint density at radius 3 is 1.43 bits per heavy atom. The van der Waals surface area contributed by atoms with Gasteiger partial charge in [-0.25, -0.2) is 4.79 Å². The smallest absolute Gasteiger partial charge is 0.339 e. The van der Waals surface area contributed by atoms with Crippen LogP contribution in [0.5, 0.6) is 0 Å². The van der Waals surface area contributed by atoms with Gasteiger partial charge in [-0.1, -0.05) is 131 Å². The van der Waals surface area contributed by atoms with Gasteiger partial charge >= 0.3 is 5.97 Å². The van der Waals surface area contributed by atoms with E-state index in [1.165, 1.54) is 0 Å². The van der Waals surface area contributed by atoms with Gasteiger partial charge in [-0.3, -0.25) is 14.4 Å². The van der Waals surface area contributed by atoms with E-state index in [0.29, 0.717) is 60.3 Å². The quantitative estimate of drug-likeness (QED) is 0.0569. The average molecular weight is 833 g/mol. The molecule has 8 nitrogen and oxygen atoms in total. The topological polar surface area (TPSA) is 105 Å². The minimum Gasteiger partial charge on any atom is -0.456 e. The Balaban J connectivity index is 1.30. The number of hydrogen-bond acceptors (Lipinski definition) is 8. The zero-order valence-corrected chi connectivity index (χ0v) is 38.8. The Labute approximate surface area is 364 Å². The summed E-state index contributed by atoms with van der Waals surface area (Å²) in [7, 11) is 0. The second-order valence-corrected chi connectivity index (χ2v) is 19.6. The van der Waals surface area contributed by atoms with Crippen LogP contribution in [0.3, 0.4) is 0 Å². The van der Waals surface area contributed by atoms with Gasteiger partial charge in [-0.2, -0.15) is 0 Å². The van der Waals surface area contributed by atoms with E-state index >= 15 is 0 Å². The molecule has 8 heteroatoms. The summed E-state index contributed by atoms with van der Waals surface area (Å²) in [4.78, 5) is 53.9. The number of ketones is 3. The molecule has 0 fully saturated rings. The molecule has 0 aromatic heterocycles. The van der Waals surface area contributed by atoms with Gasteiger partial charge < -0.3 is 18.9 Å². The van der Waals surface area contributed by atoms with Crippen LogP contribution < -0.4 is 0 Å². The van der Waals surface area contributed by atoms with Crippen LogP contribution in [0, 0.1) is 10.8 Å². The van der Waals surface area contributed by atoms with Crippen molar-refractivity contribution in [2.45, 2.75) is 138 Å². The minimum absolute atomic E-state index is 0.124. The number of carbonyl (C=O) groups excluding carboxylic acids is 4. The van der Waals surface area contributed by atoms with Crippen molar-refractivity contribution in [2.24, 2.45) is 10.8 Å². The highest BCUT2D eigenvalue weighted by molar-refractivity contribution is 6.17. The second-order valence-electron chi connectivity index (χ2n) is 19.6. The van der Waals surface area contributed by atoms with Crippen LogP contribution in [-0.4, -0.2) is 65.0 Å². The molecule has 0 radical (unpaired) electrons. The maximum absolute atomic E-state index is 13.9. The summed E-state index contributed by atoms with van der Waals surface area (Å²) in [6.07, 6.45) is 1.66. The lowest BCUT2D eigenvalue weighted by atomic mass is 9.72. The molecule has 0 aliphatic heterocycles. The molecule has 61 heavy (non-hydrogen) atoms. The average Bonchev–Trinajstić information content (AvgIpc) is 3.19. The predicted molar refractivity (Wildman–Crippen MR) is 243 cm³/mol. The summed E-state index contributed by atoms with van der Waals surface area (Å²) in [5.74, 6) is -1.23. The fourth-order valence-electron chi connectivity index (χ4n) is 7.25. The standard InChI is InChI=1S/C53H68O8/c1-37(60-53(12,13)48(2,3)32-34-58-51(8,9)46(56)42-30-22-20-28-40(42)44(54)38-24-16-14-17-25-38)36-49(4,5)52(10,11)59-35-33-50(6,7)61-47(57)43-31-23-21-29-41(43)45(55)39-26-18-15-19-27-39/h14-31,37H,32-36H2,1-13H3. The maximum Gasteiger partial charge on any atom is 0.339 e. The third kappa shape index (κ3) is 12.4. The van der Waals surface area contributed by atoms with E-state index in [9.17, 15) is 19.2 Å². The number of carbonyl (C=O) groups is 4. The third-order valence-corrected chi connectivity index (χ3v) is 12.7. The Kier molecular flexibility index (Phi) is 15.7. The predicted octanol–water partition coefficient (Wildman–Crippen LogP) is 12.0. The Morgan fingerprint density at radius 1 is 0.492 bits per heavy atom. The van der Waals surface area contributed by atoms with Gasteiger partial charge in [0, 0.05) is 40.8 Å². The van der Waals surface area contributed by atoms with Crippen molar-refractivity contribution < 1.29 is 38.1 Å². The lowest BCUT2D eigenvalue weighted by Crippen LogP contribution is -2.48. The summed E-state index contributed by atoms with van der Waals surface area (Å²) < 4.78 is 25.7. The molecule has 0 aliphatic rings. The summed E-state index contributed by atoms with van der Waals surface area (Å²) in [6, 6.07) is 31.5. The van der Waals surface area contributed by atoms with Gasteiger partial charge in [-0.15, -0.1) is 0 Å². The van der Waals surface area contributed by atoms with Crippen molar-refractivity contribution in [1.29, 1.82) is 0 Å². The van der Waals surface area contributed by atoms with E-state index < -0.39 is 28.4 Å². The first-order valence-electron chi connectivity index (χ1n) is 21.4. The monoisotopic (exact) mass is 832 g/mol. The van der Waals surface area contributed by atoms with Crippen LogP contribution in [0.1, 0.15) is 162 Å². The molecule has 328 valence electrons.